The molecule has 0 heterocycles. The molecule has 4 heteroatoms. The van der Waals surface area contributed by atoms with E-state index in [1.165, 1.54) is 0 Å². The summed E-state index contributed by atoms with van der Waals surface area (Å²) in [7, 11) is 0. The van der Waals surface area contributed by atoms with E-state index >= 15 is 0 Å². The second-order valence-corrected chi connectivity index (χ2v) is 5.33. The molecule has 0 spiro atoms. The number of hydrogen-bond acceptors (Lipinski definition) is 2. The van der Waals surface area contributed by atoms with E-state index in [2.05, 4.69) is 19.2 Å². The second-order valence-electron chi connectivity index (χ2n) is 4.52. The number of benzene rings is 1. The van der Waals surface area contributed by atoms with Crippen molar-refractivity contribution in [2.24, 2.45) is 5.92 Å². The van der Waals surface area contributed by atoms with Gasteiger partial charge in [0.15, 0.2) is 5.78 Å². The van der Waals surface area contributed by atoms with E-state index in [1.807, 2.05) is 6.92 Å². The lowest BCUT2D eigenvalue weighted by molar-refractivity contribution is 0.0949. The summed E-state index contributed by atoms with van der Waals surface area (Å²) >= 11 is 11.7. The van der Waals surface area contributed by atoms with Gasteiger partial charge < -0.3 is 5.32 Å². The Kier molecular flexibility index (Phi) is 5.44. The molecule has 0 aliphatic rings. The van der Waals surface area contributed by atoms with Crippen LogP contribution in [0.5, 0.6) is 0 Å². The SMILES string of the molecule is CC(C)CNC(C)C(=O)c1ccc(Cl)c(Cl)c1. The van der Waals surface area contributed by atoms with Crippen molar-refractivity contribution in [1.82, 2.24) is 5.32 Å². The van der Waals surface area contributed by atoms with Crippen molar-refractivity contribution in [2.75, 3.05) is 6.54 Å². The van der Waals surface area contributed by atoms with Gasteiger partial charge in [-0.2, -0.15) is 0 Å². The molecule has 1 atom stereocenters. The molecule has 1 aromatic carbocycles. The van der Waals surface area contributed by atoms with Crippen molar-refractivity contribution in [3.8, 4) is 0 Å². The topological polar surface area (TPSA) is 29.1 Å². The predicted octanol–water partition coefficient (Wildman–Crippen LogP) is 3.81. The summed E-state index contributed by atoms with van der Waals surface area (Å²) in [5, 5.41) is 4.06. The summed E-state index contributed by atoms with van der Waals surface area (Å²) < 4.78 is 0. The molecule has 0 amide bonds. The van der Waals surface area contributed by atoms with Crippen molar-refractivity contribution in [3.05, 3.63) is 33.8 Å². The zero-order chi connectivity index (χ0) is 13.0. The number of rotatable bonds is 5. The van der Waals surface area contributed by atoms with Gasteiger partial charge in [0.05, 0.1) is 16.1 Å². The standard InChI is InChI=1S/C13H17Cl2NO/c1-8(2)7-16-9(3)13(17)10-4-5-11(14)12(15)6-10/h4-6,8-9,16H,7H2,1-3H3. The lowest BCUT2D eigenvalue weighted by Crippen LogP contribution is -2.36. The molecule has 0 bridgehead atoms. The Morgan fingerprint density at radius 2 is 1.88 bits per heavy atom. The highest BCUT2D eigenvalue weighted by molar-refractivity contribution is 6.42. The fourth-order valence-electron chi connectivity index (χ4n) is 1.40. The quantitative estimate of drug-likeness (QED) is 0.827. The van der Waals surface area contributed by atoms with Crippen LogP contribution in [-0.4, -0.2) is 18.4 Å². The number of ketones is 1. The highest BCUT2D eigenvalue weighted by atomic mass is 35.5. The van der Waals surface area contributed by atoms with Crippen molar-refractivity contribution in [2.45, 2.75) is 26.8 Å². The van der Waals surface area contributed by atoms with Crippen LogP contribution in [0, 0.1) is 5.92 Å². The van der Waals surface area contributed by atoms with Crippen LogP contribution in [0.3, 0.4) is 0 Å². The third-order valence-corrected chi connectivity index (χ3v) is 3.17. The first-order valence-corrected chi connectivity index (χ1v) is 6.40. The number of hydrogen-bond donors (Lipinski definition) is 1. The smallest absolute Gasteiger partial charge is 0.179 e. The highest BCUT2D eigenvalue weighted by Crippen LogP contribution is 2.23. The first-order chi connectivity index (χ1) is 7.91. The van der Waals surface area contributed by atoms with E-state index in [0.717, 1.165) is 6.54 Å². The van der Waals surface area contributed by atoms with Gasteiger partial charge in [-0.05, 0) is 37.6 Å². The molecule has 17 heavy (non-hydrogen) atoms. The van der Waals surface area contributed by atoms with Crippen LogP contribution in [-0.2, 0) is 0 Å². The Balaban J connectivity index is 2.71. The van der Waals surface area contributed by atoms with E-state index in [9.17, 15) is 4.79 Å². The molecule has 0 saturated heterocycles. The van der Waals surface area contributed by atoms with E-state index in [0.29, 0.717) is 21.5 Å². The molecule has 0 aliphatic heterocycles. The Labute approximate surface area is 112 Å². The van der Waals surface area contributed by atoms with Crippen LogP contribution in [0.1, 0.15) is 31.1 Å². The fraction of sp³-hybridized carbons (Fsp3) is 0.462. The molecule has 2 nitrogen and oxygen atoms in total. The van der Waals surface area contributed by atoms with Crippen LogP contribution in [0.2, 0.25) is 10.0 Å². The van der Waals surface area contributed by atoms with Gasteiger partial charge in [0, 0.05) is 5.56 Å². The molecule has 0 saturated carbocycles. The number of carbonyl (C=O) groups excluding carboxylic acids is 1. The van der Waals surface area contributed by atoms with Gasteiger partial charge in [-0.3, -0.25) is 4.79 Å². The van der Waals surface area contributed by atoms with Crippen LogP contribution in [0.15, 0.2) is 18.2 Å². The minimum Gasteiger partial charge on any atom is -0.307 e. The summed E-state index contributed by atoms with van der Waals surface area (Å²) in [6, 6.07) is 4.74. The van der Waals surface area contributed by atoms with Gasteiger partial charge in [-0.15, -0.1) is 0 Å². The maximum absolute atomic E-state index is 12.1. The molecule has 0 aliphatic carbocycles. The van der Waals surface area contributed by atoms with E-state index in [1.54, 1.807) is 18.2 Å². The monoisotopic (exact) mass is 273 g/mol. The molecule has 0 radical (unpaired) electrons. The molecule has 0 fully saturated rings. The number of halogens is 2. The van der Waals surface area contributed by atoms with Gasteiger partial charge in [0.2, 0.25) is 0 Å². The average Bonchev–Trinajstić information content (AvgIpc) is 2.28. The summed E-state index contributed by atoms with van der Waals surface area (Å²) in [4.78, 5) is 12.1. The van der Waals surface area contributed by atoms with E-state index < -0.39 is 0 Å². The first-order valence-electron chi connectivity index (χ1n) is 5.64. The molecule has 1 rings (SSSR count). The molecule has 1 unspecified atom stereocenters. The van der Waals surface area contributed by atoms with E-state index in [-0.39, 0.29) is 11.8 Å². The van der Waals surface area contributed by atoms with Gasteiger partial charge >= 0.3 is 0 Å². The molecular weight excluding hydrogens is 257 g/mol. The Hall–Kier alpha value is -0.570. The number of nitrogens with one attached hydrogen (secondary N) is 1. The highest BCUT2D eigenvalue weighted by Gasteiger charge is 2.15. The maximum Gasteiger partial charge on any atom is 0.179 e. The molecule has 94 valence electrons. The Morgan fingerprint density at radius 1 is 1.24 bits per heavy atom. The Morgan fingerprint density at radius 3 is 2.41 bits per heavy atom. The normalized spacial score (nSPS) is 12.8. The minimum atomic E-state index is -0.213. The first kappa shape index (κ1) is 14.5. The molecule has 1 aromatic rings. The van der Waals surface area contributed by atoms with Crippen LogP contribution in [0.25, 0.3) is 0 Å². The molecule has 0 aromatic heterocycles. The fourth-order valence-corrected chi connectivity index (χ4v) is 1.70. The van der Waals surface area contributed by atoms with Crippen molar-refractivity contribution < 1.29 is 4.79 Å². The van der Waals surface area contributed by atoms with Gasteiger partial charge in [0.25, 0.3) is 0 Å². The van der Waals surface area contributed by atoms with Crippen LogP contribution in [0.4, 0.5) is 0 Å². The van der Waals surface area contributed by atoms with Crippen LogP contribution >= 0.6 is 23.2 Å². The van der Waals surface area contributed by atoms with Crippen molar-refractivity contribution in [1.29, 1.82) is 0 Å². The lowest BCUT2D eigenvalue weighted by Gasteiger charge is -2.14. The summed E-state index contributed by atoms with van der Waals surface area (Å²) in [6.07, 6.45) is 0. The molecule has 1 N–H and O–H groups in total. The largest absolute Gasteiger partial charge is 0.307 e. The Bertz CT molecular complexity index is 404. The van der Waals surface area contributed by atoms with Crippen LogP contribution < -0.4 is 5.32 Å². The minimum absolute atomic E-state index is 0.0317. The zero-order valence-corrected chi connectivity index (χ0v) is 11.8. The average molecular weight is 274 g/mol. The predicted molar refractivity (Wildman–Crippen MR) is 73.1 cm³/mol. The van der Waals surface area contributed by atoms with Gasteiger partial charge in [-0.25, -0.2) is 0 Å². The van der Waals surface area contributed by atoms with Crippen molar-refractivity contribution in [3.63, 3.8) is 0 Å². The summed E-state index contributed by atoms with van der Waals surface area (Å²) in [6.45, 7) is 6.87. The number of carbonyl (C=O) groups is 1. The summed E-state index contributed by atoms with van der Waals surface area (Å²) in [5.74, 6) is 0.545. The van der Waals surface area contributed by atoms with Gasteiger partial charge in [-0.1, -0.05) is 37.0 Å². The second kappa shape index (κ2) is 6.39. The zero-order valence-electron chi connectivity index (χ0n) is 10.3. The maximum atomic E-state index is 12.1. The third kappa shape index (κ3) is 4.30. The summed E-state index contributed by atoms with van der Waals surface area (Å²) in [5.41, 5.74) is 0.586. The van der Waals surface area contributed by atoms with E-state index in [4.69, 9.17) is 23.2 Å². The van der Waals surface area contributed by atoms with Crippen molar-refractivity contribution >= 4 is 29.0 Å². The van der Waals surface area contributed by atoms with Gasteiger partial charge in [0.1, 0.15) is 0 Å². The lowest BCUT2D eigenvalue weighted by atomic mass is 10.0. The third-order valence-electron chi connectivity index (χ3n) is 2.43. The number of Topliss-reactive ketones (excluding diaryl/α,β-unsaturated/α-hetero) is 1. The molecular formula is C13H17Cl2NO.